The van der Waals surface area contributed by atoms with Gasteiger partial charge < -0.3 is 14.5 Å². The Balaban J connectivity index is 2.02. The molecule has 84 valence electrons. The van der Waals surface area contributed by atoms with E-state index in [0.29, 0.717) is 6.54 Å². The molecule has 0 amide bonds. The molecule has 2 aromatic rings. The lowest BCUT2D eigenvalue weighted by Crippen LogP contribution is -1.98. The third kappa shape index (κ3) is 2.55. The molecule has 0 bridgehead atoms. The van der Waals surface area contributed by atoms with Crippen LogP contribution in [0.2, 0.25) is 0 Å². The Hall–Kier alpha value is -1.49. The van der Waals surface area contributed by atoms with E-state index in [9.17, 15) is 0 Å². The Labute approximate surface area is 102 Å². The fourth-order valence-electron chi connectivity index (χ4n) is 1.29. The molecule has 16 heavy (non-hydrogen) atoms. The van der Waals surface area contributed by atoms with Crippen molar-refractivity contribution in [3.63, 3.8) is 0 Å². The van der Waals surface area contributed by atoms with Crippen molar-refractivity contribution in [3.8, 4) is 5.75 Å². The number of oxazole rings is 1. The second kappa shape index (κ2) is 5.03. The number of hydrogen-bond donors (Lipinski definition) is 1. The SMILES string of the molecule is COc1ccc(NCc2cnco2)cc1Br. The van der Waals surface area contributed by atoms with E-state index in [1.165, 1.54) is 6.39 Å². The zero-order valence-corrected chi connectivity index (χ0v) is 10.3. The van der Waals surface area contributed by atoms with Crippen molar-refractivity contribution >= 4 is 21.6 Å². The molecule has 1 heterocycles. The Bertz CT molecular complexity index is 457. The second-order valence-electron chi connectivity index (χ2n) is 3.17. The summed E-state index contributed by atoms with van der Waals surface area (Å²) in [4.78, 5) is 3.84. The van der Waals surface area contributed by atoms with Gasteiger partial charge in [0.25, 0.3) is 0 Å². The van der Waals surface area contributed by atoms with E-state index in [-0.39, 0.29) is 0 Å². The first kappa shape index (κ1) is 11.0. The highest BCUT2D eigenvalue weighted by Crippen LogP contribution is 2.27. The second-order valence-corrected chi connectivity index (χ2v) is 4.02. The van der Waals surface area contributed by atoms with Crippen LogP contribution in [0.3, 0.4) is 0 Å². The van der Waals surface area contributed by atoms with Gasteiger partial charge in [0.15, 0.2) is 6.39 Å². The average Bonchev–Trinajstić information content (AvgIpc) is 2.79. The maximum atomic E-state index is 5.15. The van der Waals surface area contributed by atoms with E-state index >= 15 is 0 Å². The molecule has 0 aliphatic heterocycles. The van der Waals surface area contributed by atoms with Gasteiger partial charge in [-0.15, -0.1) is 0 Å². The van der Waals surface area contributed by atoms with Crippen LogP contribution < -0.4 is 10.1 Å². The van der Waals surface area contributed by atoms with Crippen LogP contribution in [-0.4, -0.2) is 12.1 Å². The van der Waals surface area contributed by atoms with Gasteiger partial charge in [0.05, 0.1) is 24.3 Å². The number of aromatic nitrogens is 1. The number of nitrogens with one attached hydrogen (secondary N) is 1. The number of hydrogen-bond acceptors (Lipinski definition) is 4. The molecule has 0 fully saturated rings. The van der Waals surface area contributed by atoms with Gasteiger partial charge in [0.2, 0.25) is 0 Å². The molecule has 1 N–H and O–H groups in total. The lowest BCUT2D eigenvalue weighted by atomic mass is 10.3. The van der Waals surface area contributed by atoms with Crippen molar-refractivity contribution in [2.45, 2.75) is 6.54 Å². The largest absolute Gasteiger partial charge is 0.496 e. The number of methoxy groups -OCH3 is 1. The zero-order valence-electron chi connectivity index (χ0n) is 8.74. The molecule has 4 nitrogen and oxygen atoms in total. The molecule has 1 aromatic heterocycles. The summed E-state index contributed by atoms with van der Waals surface area (Å²) in [5.41, 5.74) is 0.990. The maximum Gasteiger partial charge on any atom is 0.180 e. The fraction of sp³-hybridized carbons (Fsp3) is 0.182. The molecule has 1 aromatic carbocycles. The third-order valence-electron chi connectivity index (χ3n) is 2.10. The molecule has 0 radical (unpaired) electrons. The molecule has 0 saturated heterocycles. The molecule has 0 spiro atoms. The average molecular weight is 283 g/mol. The summed E-state index contributed by atoms with van der Waals surface area (Å²) in [5.74, 6) is 1.61. The van der Waals surface area contributed by atoms with Crippen molar-refractivity contribution < 1.29 is 9.15 Å². The van der Waals surface area contributed by atoms with Crippen molar-refractivity contribution in [1.29, 1.82) is 0 Å². The van der Waals surface area contributed by atoms with Gasteiger partial charge >= 0.3 is 0 Å². The summed E-state index contributed by atoms with van der Waals surface area (Å²) in [6.07, 6.45) is 3.10. The van der Waals surface area contributed by atoms with Gasteiger partial charge in [-0.25, -0.2) is 4.98 Å². The minimum atomic E-state index is 0.610. The third-order valence-corrected chi connectivity index (χ3v) is 2.72. The maximum absolute atomic E-state index is 5.15. The summed E-state index contributed by atoms with van der Waals surface area (Å²) in [7, 11) is 1.64. The van der Waals surface area contributed by atoms with Crippen LogP contribution in [0.25, 0.3) is 0 Å². The van der Waals surface area contributed by atoms with Crippen LogP contribution in [0.1, 0.15) is 5.76 Å². The van der Waals surface area contributed by atoms with E-state index in [1.54, 1.807) is 13.3 Å². The molecule has 0 aliphatic rings. The molecular formula is C11H11BrN2O2. The van der Waals surface area contributed by atoms with E-state index in [1.807, 2.05) is 18.2 Å². The minimum Gasteiger partial charge on any atom is -0.496 e. The number of ether oxygens (including phenoxy) is 1. The highest BCUT2D eigenvalue weighted by atomic mass is 79.9. The molecule has 0 aliphatic carbocycles. The molecule has 0 unspecified atom stereocenters. The summed E-state index contributed by atoms with van der Waals surface area (Å²) in [6, 6.07) is 5.79. The number of nitrogens with zero attached hydrogens (tertiary/aromatic N) is 1. The first-order valence-electron chi connectivity index (χ1n) is 4.74. The Morgan fingerprint density at radius 3 is 3.00 bits per heavy atom. The molecule has 5 heteroatoms. The predicted octanol–water partition coefficient (Wildman–Crippen LogP) is 3.06. The summed E-state index contributed by atoms with van der Waals surface area (Å²) in [5, 5.41) is 3.22. The Morgan fingerprint density at radius 2 is 2.38 bits per heavy atom. The summed E-state index contributed by atoms with van der Waals surface area (Å²) >= 11 is 3.43. The number of benzene rings is 1. The van der Waals surface area contributed by atoms with Crippen LogP contribution in [0.5, 0.6) is 5.75 Å². The standard InChI is InChI=1S/C11H11BrN2O2/c1-15-11-3-2-8(4-10(11)12)14-6-9-5-13-7-16-9/h2-5,7,14H,6H2,1H3. The van der Waals surface area contributed by atoms with Crippen molar-refractivity contribution in [2.24, 2.45) is 0 Å². The van der Waals surface area contributed by atoms with Gasteiger partial charge in [0.1, 0.15) is 11.5 Å². The zero-order chi connectivity index (χ0) is 11.4. The first-order valence-corrected chi connectivity index (χ1v) is 5.53. The van der Waals surface area contributed by atoms with Crippen molar-refractivity contribution in [3.05, 3.63) is 41.0 Å². The van der Waals surface area contributed by atoms with Gasteiger partial charge in [-0.3, -0.25) is 0 Å². The number of halogens is 1. The lowest BCUT2D eigenvalue weighted by molar-refractivity contribution is 0.412. The van der Waals surface area contributed by atoms with E-state index in [2.05, 4.69) is 26.2 Å². The fourth-order valence-corrected chi connectivity index (χ4v) is 1.84. The van der Waals surface area contributed by atoms with Crippen molar-refractivity contribution in [1.82, 2.24) is 4.98 Å². The first-order chi connectivity index (χ1) is 7.79. The summed E-state index contributed by atoms with van der Waals surface area (Å²) < 4.78 is 11.2. The van der Waals surface area contributed by atoms with Gasteiger partial charge in [0, 0.05) is 5.69 Å². The van der Waals surface area contributed by atoms with Gasteiger partial charge in [-0.1, -0.05) is 0 Å². The molecular weight excluding hydrogens is 272 g/mol. The highest BCUT2D eigenvalue weighted by molar-refractivity contribution is 9.10. The van der Waals surface area contributed by atoms with E-state index < -0.39 is 0 Å². The van der Waals surface area contributed by atoms with Gasteiger partial charge in [-0.2, -0.15) is 0 Å². The molecule has 0 saturated carbocycles. The van der Waals surface area contributed by atoms with Crippen LogP contribution in [0.4, 0.5) is 5.69 Å². The normalized spacial score (nSPS) is 10.1. The highest BCUT2D eigenvalue weighted by Gasteiger charge is 2.02. The number of rotatable bonds is 4. The minimum absolute atomic E-state index is 0.610. The predicted molar refractivity (Wildman–Crippen MR) is 64.5 cm³/mol. The van der Waals surface area contributed by atoms with E-state index in [4.69, 9.17) is 9.15 Å². The van der Waals surface area contributed by atoms with Crippen LogP contribution >= 0.6 is 15.9 Å². The topological polar surface area (TPSA) is 47.3 Å². The summed E-state index contributed by atoms with van der Waals surface area (Å²) in [6.45, 7) is 0.610. The van der Waals surface area contributed by atoms with Crippen LogP contribution in [0.15, 0.2) is 39.7 Å². The molecule has 0 atom stereocenters. The monoisotopic (exact) mass is 282 g/mol. The Kier molecular flexibility index (Phi) is 3.46. The molecule has 2 rings (SSSR count). The van der Waals surface area contributed by atoms with Gasteiger partial charge in [-0.05, 0) is 34.1 Å². The quantitative estimate of drug-likeness (QED) is 0.936. The van der Waals surface area contributed by atoms with Crippen LogP contribution in [0, 0.1) is 0 Å². The van der Waals surface area contributed by atoms with Crippen molar-refractivity contribution in [2.75, 3.05) is 12.4 Å². The Morgan fingerprint density at radius 1 is 1.50 bits per heavy atom. The number of anilines is 1. The smallest absolute Gasteiger partial charge is 0.180 e. The van der Waals surface area contributed by atoms with Crippen LogP contribution in [-0.2, 0) is 6.54 Å². The lowest BCUT2D eigenvalue weighted by Gasteiger charge is -2.07. The van der Waals surface area contributed by atoms with E-state index in [0.717, 1.165) is 21.7 Å².